The number of hydrogen-bond acceptors (Lipinski definition) is 4. The summed E-state index contributed by atoms with van der Waals surface area (Å²) in [6.45, 7) is 3.68. The Morgan fingerprint density at radius 2 is 1.93 bits per heavy atom. The number of amides is 1. The normalized spacial score (nSPS) is 16.4. The molecule has 2 aromatic carbocycles. The molecule has 5 nitrogen and oxygen atoms in total. The third kappa shape index (κ3) is 4.97. The zero-order valence-electron chi connectivity index (χ0n) is 17.4. The fourth-order valence-corrected chi connectivity index (χ4v) is 3.61. The lowest BCUT2D eigenvalue weighted by atomic mass is 10.1. The summed E-state index contributed by atoms with van der Waals surface area (Å²) in [5, 5.41) is 3.28. The van der Waals surface area contributed by atoms with Gasteiger partial charge in [-0.25, -0.2) is 8.78 Å². The van der Waals surface area contributed by atoms with E-state index in [4.69, 9.17) is 9.47 Å². The van der Waals surface area contributed by atoms with Crippen molar-refractivity contribution >= 4 is 12.0 Å². The van der Waals surface area contributed by atoms with Crippen LogP contribution < -0.4 is 14.8 Å². The van der Waals surface area contributed by atoms with Crippen molar-refractivity contribution in [1.82, 2.24) is 10.2 Å². The molecule has 1 fully saturated rings. The van der Waals surface area contributed by atoms with Crippen molar-refractivity contribution in [2.45, 2.75) is 19.4 Å². The highest BCUT2D eigenvalue weighted by Crippen LogP contribution is 2.29. The highest BCUT2D eigenvalue weighted by Gasteiger charge is 2.28. The van der Waals surface area contributed by atoms with E-state index in [0.29, 0.717) is 30.2 Å². The number of carbonyl (C=O) groups is 1. The van der Waals surface area contributed by atoms with E-state index >= 15 is 0 Å². The third-order valence-corrected chi connectivity index (χ3v) is 5.15. The van der Waals surface area contributed by atoms with E-state index in [0.717, 1.165) is 24.6 Å². The van der Waals surface area contributed by atoms with E-state index in [1.54, 1.807) is 36.3 Å². The number of benzene rings is 2. The molecular weight excluding hydrogens is 390 g/mol. The summed E-state index contributed by atoms with van der Waals surface area (Å²) in [5.41, 5.74) is 1.57. The predicted octanol–water partition coefficient (Wildman–Crippen LogP) is 3.89. The number of hydrogen-bond donors (Lipinski definition) is 1. The summed E-state index contributed by atoms with van der Waals surface area (Å²) in [6.07, 6.45) is 2.48. The van der Waals surface area contributed by atoms with Gasteiger partial charge in [0.2, 0.25) is 0 Å². The van der Waals surface area contributed by atoms with Gasteiger partial charge >= 0.3 is 0 Å². The van der Waals surface area contributed by atoms with Crippen LogP contribution in [0.3, 0.4) is 0 Å². The van der Waals surface area contributed by atoms with E-state index in [1.807, 2.05) is 6.92 Å². The Labute approximate surface area is 175 Å². The van der Waals surface area contributed by atoms with Crippen LogP contribution in [0.15, 0.2) is 42.0 Å². The molecule has 1 N–H and O–H groups in total. The minimum atomic E-state index is -0.630. The topological polar surface area (TPSA) is 50.8 Å². The van der Waals surface area contributed by atoms with Gasteiger partial charge in [-0.15, -0.1) is 0 Å². The van der Waals surface area contributed by atoms with Gasteiger partial charge in [-0.05, 0) is 50.2 Å². The van der Waals surface area contributed by atoms with Crippen LogP contribution in [0.1, 0.15) is 29.3 Å². The second-order valence-electron chi connectivity index (χ2n) is 7.31. The summed E-state index contributed by atoms with van der Waals surface area (Å²) in [4.78, 5) is 15.1. The molecule has 2 aromatic rings. The van der Waals surface area contributed by atoms with Gasteiger partial charge in [-0.1, -0.05) is 11.6 Å². The molecule has 0 spiro atoms. The number of halogens is 2. The van der Waals surface area contributed by atoms with Crippen molar-refractivity contribution in [3.63, 3.8) is 0 Å². The maximum Gasteiger partial charge on any atom is 0.254 e. The molecule has 0 saturated carbocycles. The summed E-state index contributed by atoms with van der Waals surface area (Å²) >= 11 is 0. The molecule has 1 atom stereocenters. The summed E-state index contributed by atoms with van der Waals surface area (Å²) in [7, 11) is 3.06. The number of rotatable bonds is 7. The lowest BCUT2D eigenvalue weighted by molar-refractivity contribution is 0.0711. The highest BCUT2D eigenvalue weighted by atomic mass is 19.1. The average molecular weight is 416 g/mol. The Kier molecular flexibility index (Phi) is 7.05. The van der Waals surface area contributed by atoms with Gasteiger partial charge in [0.15, 0.2) is 11.5 Å². The van der Waals surface area contributed by atoms with Crippen LogP contribution in [0.25, 0.3) is 6.08 Å². The molecule has 1 unspecified atom stereocenters. The zero-order valence-corrected chi connectivity index (χ0v) is 17.4. The van der Waals surface area contributed by atoms with E-state index in [9.17, 15) is 13.6 Å². The smallest absolute Gasteiger partial charge is 0.254 e. The average Bonchev–Trinajstić information content (AvgIpc) is 3.27. The number of nitrogens with zero attached hydrogens (tertiary/aromatic N) is 1. The summed E-state index contributed by atoms with van der Waals surface area (Å²) < 4.78 is 37.8. The van der Waals surface area contributed by atoms with E-state index in [1.165, 1.54) is 19.2 Å². The quantitative estimate of drug-likeness (QED) is 0.744. The molecule has 0 bridgehead atoms. The first kappa shape index (κ1) is 21.8. The Balaban J connectivity index is 1.87. The van der Waals surface area contributed by atoms with Gasteiger partial charge in [0.05, 0.1) is 14.2 Å². The lowest BCUT2D eigenvalue weighted by Crippen LogP contribution is -2.42. The van der Waals surface area contributed by atoms with Gasteiger partial charge in [0.25, 0.3) is 5.91 Å². The summed E-state index contributed by atoms with van der Waals surface area (Å²) in [5.74, 6) is -0.365. The molecular formula is C23H26F2N2O3. The first-order valence-corrected chi connectivity index (χ1v) is 9.79. The molecule has 1 heterocycles. The highest BCUT2D eigenvalue weighted by molar-refractivity contribution is 5.95. The number of nitrogens with one attached hydrogen (secondary N) is 1. The Hall–Kier alpha value is -2.93. The van der Waals surface area contributed by atoms with Crippen LogP contribution in [0.4, 0.5) is 8.78 Å². The Bertz CT molecular complexity index is 940. The predicted molar refractivity (Wildman–Crippen MR) is 112 cm³/mol. The second-order valence-corrected chi connectivity index (χ2v) is 7.31. The molecule has 160 valence electrons. The number of ether oxygens (including phenoxy) is 2. The van der Waals surface area contributed by atoms with E-state index in [2.05, 4.69) is 5.32 Å². The molecule has 0 aliphatic carbocycles. The Morgan fingerprint density at radius 3 is 2.57 bits per heavy atom. The van der Waals surface area contributed by atoms with Gasteiger partial charge in [0, 0.05) is 36.3 Å². The van der Waals surface area contributed by atoms with Crippen molar-refractivity contribution in [2.24, 2.45) is 0 Å². The molecule has 0 radical (unpaired) electrons. The minimum Gasteiger partial charge on any atom is -0.493 e. The fraction of sp³-hybridized carbons (Fsp3) is 0.348. The van der Waals surface area contributed by atoms with Gasteiger partial charge in [0.1, 0.15) is 11.6 Å². The van der Waals surface area contributed by atoms with Gasteiger partial charge in [-0.3, -0.25) is 4.79 Å². The van der Waals surface area contributed by atoms with Crippen molar-refractivity contribution < 1.29 is 23.0 Å². The maximum atomic E-state index is 14.0. The molecule has 7 heteroatoms. The van der Waals surface area contributed by atoms with Crippen LogP contribution in [-0.4, -0.2) is 50.7 Å². The van der Waals surface area contributed by atoms with E-state index < -0.39 is 11.6 Å². The van der Waals surface area contributed by atoms with Gasteiger partial charge in [-0.2, -0.15) is 0 Å². The third-order valence-electron chi connectivity index (χ3n) is 5.15. The van der Waals surface area contributed by atoms with Crippen molar-refractivity contribution in [1.29, 1.82) is 0 Å². The van der Waals surface area contributed by atoms with Crippen molar-refractivity contribution in [3.05, 3.63) is 64.7 Å². The molecule has 1 aliphatic heterocycles. The zero-order chi connectivity index (χ0) is 21.7. The first-order chi connectivity index (χ1) is 14.4. The molecule has 3 rings (SSSR count). The molecule has 1 aliphatic rings. The minimum absolute atomic E-state index is 0.0204. The van der Waals surface area contributed by atoms with Crippen LogP contribution in [-0.2, 0) is 0 Å². The van der Waals surface area contributed by atoms with Crippen LogP contribution >= 0.6 is 0 Å². The first-order valence-electron chi connectivity index (χ1n) is 9.79. The fourth-order valence-electron chi connectivity index (χ4n) is 3.61. The molecule has 30 heavy (non-hydrogen) atoms. The van der Waals surface area contributed by atoms with Crippen LogP contribution in [0.5, 0.6) is 11.5 Å². The number of methoxy groups -OCH3 is 2. The van der Waals surface area contributed by atoms with E-state index in [-0.39, 0.29) is 17.5 Å². The standard InChI is InChI=1S/C23H26F2N2O3/c1-15(10-16-4-6-18(24)12-20(16)25)14-27(19-8-9-26-13-19)23(28)17-5-7-21(29-2)22(11-17)30-3/h4-7,10-12,19,26H,8-9,13-14H2,1-3H3. The summed E-state index contributed by atoms with van der Waals surface area (Å²) in [6, 6.07) is 8.56. The van der Waals surface area contributed by atoms with Gasteiger partial charge < -0.3 is 19.7 Å². The monoisotopic (exact) mass is 416 g/mol. The maximum absolute atomic E-state index is 14.0. The largest absolute Gasteiger partial charge is 0.493 e. The van der Waals surface area contributed by atoms with Crippen molar-refractivity contribution in [3.8, 4) is 11.5 Å². The van der Waals surface area contributed by atoms with Crippen LogP contribution in [0.2, 0.25) is 0 Å². The lowest BCUT2D eigenvalue weighted by Gasteiger charge is -2.29. The van der Waals surface area contributed by atoms with Crippen LogP contribution in [0, 0.1) is 11.6 Å². The van der Waals surface area contributed by atoms with Crippen molar-refractivity contribution in [2.75, 3.05) is 33.9 Å². The second kappa shape index (κ2) is 9.71. The Morgan fingerprint density at radius 1 is 1.17 bits per heavy atom. The molecule has 1 amide bonds. The SMILES string of the molecule is COc1ccc(C(=O)N(CC(C)=Cc2ccc(F)cc2F)C2CCNC2)cc1OC. The number of carbonyl (C=O) groups excluding carboxylic acids is 1. The molecule has 0 aromatic heterocycles. The molecule has 1 saturated heterocycles.